The van der Waals surface area contributed by atoms with E-state index < -0.39 is 5.97 Å². The number of rotatable bonds is 2. The summed E-state index contributed by atoms with van der Waals surface area (Å²) in [5, 5.41) is 8.83. The normalized spacial score (nSPS) is 10.6. The summed E-state index contributed by atoms with van der Waals surface area (Å²) >= 11 is 6.78. The quantitative estimate of drug-likeness (QED) is 0.723. The molecule has 1 rings (SSSR count). The molecule has 58 valence electrons. The van der Waals surface area contributed by atoms with Crippen LogP contribution >= 0.6 is 22.9 Å². The van der Waals surface area contributed by atoms with Gasteiger partial charge in [0.25, 0.3) is 0 Å². The highest BCUT2D eigenvalue weighted by molar-refractivity contribution is 7.16. The van der Waals surface area contributed by atoms with Crippen molar-refractivity contribution in [3.63, 3.8) is 0 Å². The number of carboxylic acids is 1. The van der Waals surface area contributed by atoms with Crippen LogP contribution in [-0.2, 0) is 4.79 Å². The number of nitrogens with zero attached hydrogens (tertiary/aromatic N) is 1. The first kappa shape index (κ1) is 8.23. The molecule has 1 heterocycles. The van der Waals surface area contributed by atoms with E-state index in [-0.39, 0.29) is 0 Å². The zero-order chi connectivity index (χ0) is 8.27. The molecule has 0 radical (unpaired) electrons. The molecule has 5 heteroatoms. The first-order valence-electron chi connectivity index (χ1n) is 2.71. The van der Waals surface area contributed by atoms with Crippen molar-refractivity contribution < 1.29 is 9.90 Å². The van der Waals surface area contributed by atoms with Crippen LogP contribution in [0, 0.1) is 0 Å². The standard InChI is InChI=1S/C6H4ClNO2S/c7-4-3-8-5(11-4)1-2-6(9)10/h1-3H,(H,9,10)/b2-1+. The summed E-state index contributed by atoms with van der Waals surface area (Å²) in [5.74, 6) is -0.990. The molecule has 0 amide bonds. The van der Waals surface area contributed by atoms with E-state index in [1.165, 1.54) is 23.6 Å². The third kappa shape index (κ3) is 2.69. The highest BCUT2D eigenvalue weighted by Crippen LogP contribution is 2.18. The van der Waals surface area contributed by atoms with Crippen LogP contribution in [0.2, 0.25) is 4.34 Å². The lowest BCUT2D eigenvalue weighted by atomic mass is 10.5. The number of hydrogen-bond acceptors (Lipinski definition) is 3. The van der Waals surface area contributed by atoms with Gasteiger partial charge in [-0.1, -0.05) is 11.6 Å². The Bertz CT molecular complexity index is 295. The zero-order valence-corrected chi connectivity index (χ0v) is 6.89. The minimum Gasteiger partial charge on any atom is -0.478 e. The topological polar surface area (TPSA) is 50.2 Å². The number of aromatic nitrogens is 1. The van der Waals surface area contributed by atoms with Crippen LogP contribution in [0.5, 0.6) is 0 Å². The summed E-state index contributed by atoms with van der Waals surface area (Å²) in [6.45, 7) is 0. The molecule has 11 heavy (non-hydrogen) atoms. The lowest BCUT2D eigenvalue weighted by Gasteiger charge is -1.78. The molecule has 0 aliphatic carbocycles. The van der Waals surface area contributed by atoms with E-state index >= 15 is 0 Å². The van der Waals surface area contributed by atoms with Crippen LogP contribution in [-0.4, -0.2) is 16.1 Å². The number of hydrogen-bond donors (Lipinski definition) is 1. The van der Waals surface area contributed by atoms with Gasteiger partial charge in [-0.2, -0.15) is 0 Å². The van der Waals surface area contributed by atoms with Crippen LogP contribution in [0.25, 0.3) is 6.08 Å². The molecule has 0 saturated carbocycles. The third-order valence-electron chi connectivity index (χ3n) is 0.864. The van der Waals surface area contributed by atoms with Gasteiger partial charge in [-0.05, 0) is 6.08 Å². The molecule has 0 bridgehead atoms. The molecule has 0 spiro atoms. The van der Waals surface area contributed by atoms with Crippen molar-refractivity contribution in [1.29, 1.82) is 0 Å². The van der Waals surface area contributed by atoms with Gasteiger partial charge in [-0.3, -0.25) is 0 Å². The van der Waals surface area contributed by atoms with Crippen LogP contribution in [0.15, 0.2) is 12.3 Å². The van der Waals surface area contributed by atoms with E-state index in [0.717, 1.165) is 6.08 Å². The Labute approximate surface area is 72.0 Å². The molecular weight excluding hydrogens is 186 g/mol. The molecule has 0 atom stereocenters. The van der Waals surface area contributed by atoms with E-state index in [1.807, 2.05) is 0 Å². The second-order valence-electron chi connectivity index (χ2n) is 1.67. The van der Waals surface area contributed by atoms with Crippen molar-refractivity contribution in [1.82, 2.24) is 4.98 Å². The molecule has 0 unspecified atom stereocenters. The van der Waals surface area contributed by atoms with E-state index in [1.54, 1.807) is 0 Å². The number of carbonyl (C=O) groups is 1. The number of carboxylic acid groups (broad SMARTS) is 1. The Morgan fingerprint density at radius 1 is 1.82 bits per heavy atom. The molecule has 0 aliphatic rings. The Balaban J connectivity index is 2.71. The van der Waals surface area contributed by atoms with Gasteiger partial charge in [0.15, 0.2) is 0 Å². The van der Waals surface area contributed by atoms with Gasteiger partial charge in [-0.15, -0.1) is 11.3 Å². The fourth-order valence-corrected chi connectivity index (χ4v) is 1.32. The molecule has 0 aliphatic heterocycles. The van der Waals surface area contributed by atoms with Crippen molar-refractivity contribution >= 4 is 35.0 Å². The molecule has 0 aromatic carbocycles. The second kappa shape index (κ2) is 3.50. The maximum atomic E-state index is 10.0. The summed E-state index contributed by atoms with van der Waals surface area (Å²) < 4.78 is 0.551. The average Bonchev–Trinajstić information content (AvgIpc) is 2.31. The van der Waals surface area contributed by atoms with E-state index in [2.05, 4.69) is 4.98 Å². The van der Waals surface area contributed by atoms with Gasteiger partial charge in [0, 0.05) is 6.08 Å². The Hall–Kier alpha value is -0.870. The fraction of sp³-hybridized carbons (Fsp3) is 0. The van der Waals surface area contributed by atoms with E-state index in [9.17, 15) is 4.79 Å². The lowest BCUT2D eigenvalue weighted by Crippen LogP contribution is -1.84. The average molecular weight is 190 g/mol. The van der Waals surface area contributed by atoms with Crippen molar-refractivity contribution in [2.45, 2.75) is 0 Å². The van der Waals surface area contributed by atoms with Gasteiger partial charge in [0.05, 0.1) is 6.20 Å². The first-order valence-corrected chi connectivity index (χ1v) is 3.90. The monoisotopic (exact) mass is 189 g/mol. The highest BCUT2D eigenvalue weighted by Gasteiger charge is 1.94. The van der Waals surface area contributed by atoms with Gasteiger partial charge in [0.1, 0.15) is 9.34 Å². The van der Waals surface area contributed by atoms with Crippen LogP contribution < -0.4 is 0 Å². The molecule has 1 aromatic rings. The summed E-state index contributed by atoms with van der Waals surface area (Å²) in [5.41, 5.74) is 0. The van der Waals surface area contributed by atoms with Crippen molar-refractivity contribution in [2.75, 3.05) is 0 Å². The summed E-state index contributed by atoms with van der Waals surface area (Å²) in [6, 6.07) is 0. The van der Waals surface area contributed by atoms with Crippen LogP contribution in [0.3, 0.4) is 0 Å². The van der Waals surface area contributed by atoms with Crippen molar-refractivity contribution in [3.05, 3.63) is 21.6 Å². The molecule has 3 nitrogen and oxygen atoms in total. The smallest absolute Gasteiger partial charge is 0.328 e. The van der Waals surface area contributed by atoms with Crippen LogP contribution in [0.4, 0.5) is 0 Å². The van der Waals surface area contributed by atoms with Crippen molar-refractivity contribution in [3.8, 4) is 0 Å². The zero-order valence-electron chi connectivity index (χ0n) is 5.32. The molecule has 0 fully saturated rings. The Morgan fingerprint density at radius 2 is 2.55 bits per heavy atom. The predicted molar refractivity (Wildman–Crippen MR) is 43.8 cm³/mol. The first-order chi connectivity index (χ1) is 5.18. The van der Waals surface area contributed by atoms with Gasteiger partial charge in [0.2, 0.25) is 0 Å². The maximum Gasteiger partial charge on any atom is 0.328 e. The summed E-state index contributed by atoms with van der Waals surface area (Å²) in [4.78, 5) is 13.9. The maximum absolute atomic E-state index is 10.0. The molecule has 0 saturated heterocycles. The van der Waals surface area contributed by atoms with Gasteiger partial charge < -0.3 is 5.11 Å². The van der Waals surface area contributed by atoms with Gasteiger partial charge >= 0.3 is 5.97 Å². The lowest BCUT2D eigenvalue weighted by molar-refractivity contribution is -0.131. The highest BCUT2D eigenvalue weighted by atomic mass is 35.5. The summed E-state index contributed by atoms with van der Waals surface area (Å²) in [7, 11) is 0. The second-order valence-corrected chi connectivity index (χ2v) is 3.37. The predicted octanol–water partition coefficient (Wildman–Crippen LogP) is 1.89. The SMILES string of the molecule is O=C(O)/C=C/c1ncc(Cl)s1. The molecular formula is C6H4ClNO2S. The summed E-state index contributed by atoms with van der Waals surface area (Å²) in [6.07, 6.45) is 3.90. The number of aliphatic carboxylic acids is 1. The van der Waals surface area contributed by atoms with E-state index in [0.29, 0.717) is 9.34 Å². The number of thiazole rings is 1. The van der Waals surface area contributed by atoms with E-state index in [4.69, 9.17) is 16.7 Å². The Morgan fingerprint density at radius 3 is 3.00 bits per heavy atom. The largest absolute Gasteiger partial charge is 0.478 e. The Kier molecular flexibility index (Phi) is 2.62. The minimum atomic E-state index is -0.990. The molecule has 1 aromatic heterocycles. The molecule has 1 N–H and O–H groups in total. The van der Waals surface area contributed by atoms with Crippen molar-refractivity contribution in [2.24, 2.45) is 0 Å². The number of halogens is 1. The van der Waals surface area contributed by atoms with Gasteiger partial charge in [-0.25, -0.2) is 9.78 Å². The fourth-order valence-electron chi connectivity index (χ4n) is 0.487. The van der Waals surface area contributed by atoms with Crippen LogP contribution in [0.1, 0.15) is 5.01 Å². The third-order valence-corrected chi connectivity index (χ3v) is 1.94. The minimum absolute atomic E-state index is 0.551.